The lowest BCUT2D eigenvalue weighted by Gasteiger charge is -2.12. The molecule has 0 saturated carbocycles. The third kappa shape index (κ3) is 3.45. The van der Waals surface area contributed by atoms with E-state index in [9.17, 15) is 14.3 Å². The molecule has 118 valence electrons. The van der Waals surface area contributed by atoms with E-state index in [0.29, 0.717) is 23.4 Å². The van der Waals surface area contributed by atoms with E-state index < -0.39 is 12.0 Å². The minimum Gasteiger partial charge on any atom is -0.387 e. The molecule has 0 aliphatic heterocycles. The van der Waals surface area contributed by atoms with Gasteiger partial charge in [-0.25, -0.2) is 4.39 Å². The van der Waals surface area contributed by atoms with Gasteiger partial charge in [0.05, 0.1) is 17.4 Å². The summed E-state index contributed by atoms with van der Waals surface area (Å²) in [5, 5.41) is 17.1. The van der Waals surface area contributed by atoms with Gasteiger partial charge in [-0.1, -0.05) is 23.7 Å². The zero-order valence-corrected chi connectivity index (χ0v) is 13.1. The van der Waals surface area contributed by atoms with Gasteiger partial charge in [-0.2, -0.15) is 5.10 Å². The number of benzene rings is 1. The lowest BCUT2D eigenvalue weighted by Crippen LogP contribution is -2.28. The van der Waals surface area contributed by atoms with Crippen molar-refractivity contribution in [3.8, 4) is 0 Å². The molecule has 0 saturated heterocycles. The van der Waals surface area contributed by atoms with Crippen molar-refractivity contribution in [2.24, 2.45) is 0 Å². The molecule has 0 bridgehead atoms. The average Bonchev–Trinajstić information content (AvgIpc) is 2.79. The number of amides is 1. The van der Waals surface area contributed by atoms with Crippen LogP contribution in [0.4, 0.5) is 4.39 Å². The van der Waals surface area contributed by atoms with Gasteiger partial charge in [0.15, 0.2) is 0 Å². The van der Waals surface area contributed by atoms with E-state index in [0.717, 1.165) is 0 Å². The summed E-state index contributed by atoms with van der Waals surface area (Å²) in [6.07, 6.45) is -0.926. The number of hydrogen-bond donors (Lipinski definition) is 2. The average molecular weight is 326 g/mol. The Morgan fingerprint density at radius 3 is 2.64 bits per heavy atom. The molecule has 7 heteroatoms. The molecular weight excluding hydrogens is 309 g/mol. The van der Waals surface area contributed by atoms with Crippen molar-refractivity contribution in [2.75, 3.05) is 6.54 Å². The summed E-state index contributed by atoms with van der Waals surface area (Å²) < 4.78 is 14.4. The van der Waals surface area contributed by atoms with Crippen molar-refractivity contribution in [2.45, 2.75) is 26.5 Å². The highest BCUT2D eigenvalue weighted by atomic mass is 35.5. The fraction of sp³-hybridized carbons (Fsp3) is 0.333. The lowest BCUT2D eigenvalue weighted by atomic mass is 10.1. The number of carbonyl (C=O) groups excluding carboxylic acids is 1. The smallest absolute Gasteiger partial charge is 0.256 e. The Balaban J connectivity index is 2.04. The highest BCUT2D eigenvalue weighted by Gasteiger charge is 2.20. The molecular formula is C15H17ClFN3O2. The van der Waals surface area contributed by atoms with Crippen molar-refractivity contribution < 1.29 is 14.3 Å². The summed E-state index contributed by atoms with van der Waals surface area (Å²) in [4.78, 5) is 12.2. The number of aliphatic hydroxyl groups excluding tert-OH is 1. The molecule has 0 fully saturated rings. The quantitative estimate of drug-likeness (QED) is 0.887. The molecule has 2 rings (SSSR count). The van der Waals surface area contributed by atoms with Gasteiger partial charge in [0.1, 0.15) is 11.0 Å². The van der Waals surface area contributed by atoms with Gasteiger partial charge >= 0.3 is 0 Å². The van der Waals surface area contributed by atoms with Crippen LogP contribution in [0, 0.1) is 12.7 Å². The van der Waals surface area contributed by atoms with Gasteiger partial charge in [0.2, 0.25) is 0 Å². The SMILES string of the molecule is CCn1nc(C)c(C(=O)NCC(O)c2ccc(F)cc2)c1Cl. The van der Waals surface area contributed by atoms with Crippen LogP contribution in [0.5, 0.6) is 0 Å². The van der Waals surface area contributed by atoms with Crippen LogP contribution in [-0.4, -0.2) is 27.3 Å². The predicted octanol–water partition coefficient (Wildman–Crippen LogP) is 2.47. The number of aryl methyl sites for hydroxylation is 2. The maximum Gasteiger partial charge on any atom is 0.256 e. The van der Waals surface area contributed by atoms with Crippen LogP contribution in [0.25, 0.3) is 0 Å². The molecule has 22 heavy (non-hydrogen) atoms. The number of nitrogens with zero attached hydrogens (tertiary/aromatic N) is 2. The minimum absolute atomic E-state index is 0.00244. The largest absolute Gasteiger partial charge is 0.387 e. The summed E-state index contributed by atoms with van der Waals surface area (Å²) >= 11 is 6.11. The maximum absolute atomic E-state index is 12.8. The second kappa shape index (κ2) is 6.89. The maximum atomic E-state index is 12.8. The van der Waals surface area contributed by atoms with Crippen LogP contribution in [0.2, 0.25) is 5.15 Å². The third-order valence-electron chi connectivity index (χ3n) is 3.30. The van der Waals surface area contributed by atoms with E-state index in [1.165, 1.54) is 28.9 Å². The van der Waals surface area contributed by atoms with Crippen LogP contribution in [-0.2, 0) is 6.54 Å². The Bertz CT molecular complexity index is 670. The summed E-state index contributed by atoms with van der Waals surface area (Å²) in [7, 11) is 0. The lowest BCUT2D eigenvalue weighted by molar-refractivity contribution is 0.0915. The summed E-state index contributed by atoms with van der Waals surface area (Å²) in [5.74, 6) is -0.780. The molecule has 0 radical (unpaired) electrons. The number of aromatic nitrogens is 2. The second-order valence-corrected chi connectivity index (χ2v) is 5.20. The van der Waals surface area contributed by atoms with Crippen LogP contribution >= 0.6 is 11.6 Å². The Hall–Kier alpha value is -1.92. The summed E-state index contributed by atoms with van der Waals surface area (Å²) in [6, 6.07) is 5.46. The summed E-state index contributed by atoms with van der Waals surface area (Å²) in [5.41, 5.74) is 1.35. The van der Waals surface area contributed by atoms with Gasteiger partial charge in [-0.15, -0.1) is 0 Å². The topological polar surface area (TPSA) is 67.2 Å². The van der Waals surface area contributed by atoms with Gasteiger partial charge in [0, 0.05) is 13.1 Å². The first-order chi connectivity index (χ1) is 10.4. The van der Waals surface area contributed by atoms with Crippen molar-refractivity contribution >= 4 is 17.5 Å². The highest BCUT2D eigenvalue weighted by molar-refractivity contribution is 6.33. The molecule has 1 aromatic heterocycles. The van der Waals surface area contributed by atoms with Crippen molar-refractivity contribution in [3.63, 3.8) is 0 Å². The Morgan fingerprint density at radius 1 is 1.45 bits per heavy atom. The van der Waals surface area contributed by atoms with Gasteiger partial charge in [0.25, 0.3) is 5.91 Å². The number of hydrogen-bond acceptors (Lipinski definition) is 3. The molecule has 1 amide bonds. The highest BCUT2D eigenvalue weighted by Crippen LogP contribution is 2.20. The zero-order valence-electron chi connectivity index (χ0n) is 12.3. The van der Waals surface area contributed by atoms with E-state index in [1.807, 2.05) is 6.92 Å². The normalized spacial score (nSPS) is 12.2. The number of nitrogens with one attached hydrogen (secondary N) is 1. The number of carbonyl (C=O) groups is 1. The van der Waals surface area contributed by atoms with E-state index in [4.69, 9.17) is 11.6 Å². The molecule has 2 N–H and O–H groups in total. The van der Waals surface area contributed by atoms with Gasteiger partial charge in [-0.3, -0.25) is 9.48 Å². The van der Waals surface area contributed by atoms with Crippen LogP contribution in [0.1, 0.15) is 34.6 Å². The van der Waals surface area contributed by atoms with Gasteiger partial charge in [-0.05, 0) is 31.5 Å². The van der Waals surface area contributed by atoms with E-state index in [1.54, 1.807) is 6.92 Å². The number of aliphatic hydroxyl groups is 1. The van der Waals surface area contributed by atoms with Gasteiger partial charge < -0.3 is 10.4 Å². The van der Waals surface area contributed by atoms with Crippen LogP contribution in [0.3, 0.4) is 0 Å². The Kier molecular flexibility index (Phi) is 5.15. The van der Waals surface area contributed by atoms with Crippen molar-refractivity contribution in [1.29, 1.82) is 0 Å². The summed E-state index contributed by atoms with van der Waals surface area (Å²) in [6.45, 7) is 4.13. The third-order valence-corrected chi connectivity index (χ3v) is 3.69. The molecule has 1 aromatic carbocycles. The van der Waals surface area contributed by atoms with Crippen molar-refractivity contribution in [3.05, 3.63) is 52.1 Å². The number of rotatable bonds is 5. The second-order valence-electron chi connectivity index (χ2n) is 4.84. The first kappa shape index (κ1) is 16.5. The molecule has 1 unspecified atom stereocenters. The monoisotopic (exact) mass is 325 g/mol. The molecule has 1 heterocycles. The van der Waals surface area contributed by atoms with Crippen LogP contribution in [0.15, 0.2) is 24.3 Å². The van der Waals surface area contributed by atoms with E-state index in [-0.39, 0.29) is 17.5 Å². The molecule has 0 spiro atoms. The molecule has 2 aromatic rings. The first-order valence-electron chi connectivity index (χ1n) is 6.88. The fourth-order valence-corrected chi connectivity index (χ4v) is 2.48. The Morgan fingerprint density at radius 2 is 2.09 bits per heavy atom. The molecule has 0 aliphatic carbocycles. The first-order valence-corrected chi connectivity index (χ1v) is 7.26. The number of halogens is 2. The predicted molar refractivity (Wildman–Crippen MR) is 81.3 cm³/mol. The minimum atomic E-state index is -0.926. The molecule has 5 nitrogen and oxygen atoms in total. The molecule has 1 atom stereocenters. The Labute approximate surface area is 132 Å². The van der Waals surface area contributed by atoms with Crippen LogP contribution < -0.4 is 5.32 Å². The molecule has 0 aliphatic rings. The zero-order chi connectivity index (χ0) is 16.3. The van der Waals surface area contributed by atoms with E-state index in [2.05, 4.69) is 10.4 Å². The van der Waals surface area contributed by atoms with E-state index >= 15 is 0 Å². The van der Waals surface area contributed by atoms with Crippen molar-refractivity contribution in [1.82, 2.24) is 15.1 Å². The standard InChI is InChI=1S/C15H17ClFN3O2/c1-3-20-14(16)13(9(2)19-20)15(22)18-8-12(21)10-4-6-11(17)7-5-10/h4-7,12,21H,3,8H2,1-2H3,(H,18,22). The fourth-order valence-electron chi connectivity index (χ4n) is 2.10.